The topological polar surface area (TPSA) is 62.0 Å². The molecule has 0 spiro atoms. The first kappa shape index (κ1) is 15.9. The Kier molecular flexibility index (Phi) is 4.33. The van der Waals surface area contributed by atoms with Crippen LogP contribution in [0.3, 0.4) is 0 Å². The van der Waals surface area contributed by atoms with Crippen molar-refractivity contribution in [2.45, 2.75) is 32.3 Å². The molecule has 1 unspecified atom stereocenters. The number of pyridine rings is 1. The highest BCUT2D eigenvalue weighted by Gasteiger charge is 2.28. The standard InChI is InChI=1S/C17H20N4OS/c1-17(2,3)14-11-23-16(20-14)13-10-21(7-8-22-13)15-12(9-18)5-4-6-19-15/h4-6,11,13H,7-8,10H2,1-3H3. The molecule has 3 rings (SSSR count). The van der Waals surface area contributed by atoms with E-state index in [9.17, 15) is 5.26 Å². The molecule has 0 amide bonds. The Labute approximate surface area is 140 Å². The molecule has 1 fully saturated rings. The van der Waals surface area contributed by atoms with Gasteiger partial charge in [0.2, 0.25) is 0 Å². The molecule has 23 heavy (non-hydrogen) atoms. The van der Waals surface area contributed by atoms with E-state index in [0.717, 1.165) is 23.1 Å². The molecule has 0 radical (unpaired) electrons. The summed E-state index contributed by atoms with van der Waals surface area (Å²) in [6.07, 6.45) is 1.65. The molecule has 2 aromatic rings. The van der Waals surface area contributed by atoms with E-state index in [1.54, 1.807) is 29.7 Å². The van der Waals surface area contributed by atoms with Crippen molar-refractivity contribution in [3.8, 4) is 6.07 Å². The number of nitriles is 1. The van der Waals surface area contributed by atoms with Crippen molar-refractivity contribution >= 4 is 17.2 Å². The van der Waals surface area contributed by atoms with E-state index in [1.807, 2.05) is 0 Å². The van der Waals surface area contributed by atoms with E-state index < -0.39 is 0 Å². The van der Waals surface area contributed by atoms with Crippen LogP contribution in [-0.4, -0.2) is 29.7 Å². The number of aromatic nitrogens is 2. The number of morpholine rings is 1. The fourth-order valence-electron chi connectivity index (χ4n) is 2.51. The van der Waals surface area contributed by atoms with Crippen molar-refractivity contribution < 1.29 is 4.74 Å². The summed E-state index contributed by atoms with van der Waals surface area (Å²) in [5, 5.41) is 12.4. The van der Waals surface area contributed by atoms with Crippen LogP contribution < -0.4 is 4.90 Å². The van der Waals surface area contributed by atoms with E-state index in [-0.39, 0.29) is 11.5 Å². The van der Waals surface area contributed by atoms with E-state index in [4.69, 9.17) is 9.72 Å². The van der Waals surface area contributed by atoms with Gasteiger partial charge in [0.05, 0.1) is 24.4 Å². The second kappa shape index (κ2) is 6.26. The molecule has 1 aliphatic rings. The van der Waals surface area contributed by atoms with Crippen LogP contribution in [0.4, 0.5) is 5.82 Å². The summed E-state index contributed by atoms with van der Waals surface area (Å²) in [7, 11) is 0. The van der Waals surface area contributed by atoms with Gasteiger partial charge >= 0.3 is 0 Å². The average molecular weight is 328 g/mol. The van der Waals surface area contributed by atoms with Gasteiger partial charge < -0.3 is 9.64 Å². The van der Waals surface area contributed by atoms with E-state index in [0.29, 0.717) is 18.7 Å². The van der Waals surface area contributed by atoms with Gasteiger partial charge in [0, 0.05) is 23.5 Å². The van der Waals surface area contributed by atoms with Gasteiger partial charge in [-0.2, -0.15) is 5.26 Å². The third-order valence-corrected chi connectivity index (χ3v) is 4.78. The summed E-state index contributed by atoms with van der Waals surface area (Å²) in [6, 6.07) is 5.80. The average Bonchev–Trinajstić information content (AvgIpc) is 3.05. The number of hydrogen-bond donors (Lipinski definition) is 0. The van der Waals surface area contributed by atoms with Crippen LogP contribution in [0.15, 0.2) is 23.7 Å². The van der Waals surface area contributed by atoms with Crippen LogP contribution in [0, 0.1) is 11.3 Å². The Hall–Kier alpha value is -1.97. The van der Waals surface area contributed by atoms with Gasteiger partial charge in [0.25, 0.3) is 0 Å². The Balaban J connectivity index is 1.81. The Morgan fingerprint density at radius 2 is 2.26 bits per heavy atom. The van der Waals surface area contributed by atoms with Gasteiger partial charge in [0.15, 0.2) is 0 Å². The lowest BCUT2D eigenvalue weighted by Crippen LogP contribution is -2.39. The molecule has 3 heterocycles. The molecule has 6 heteroatoms. The molecule has 0 aliphatic carbocycles. The minimum Gasteiger partial charge on any atom is -0.367 e. The highest BCUT2D eigenvalue weighted by Crippen LogP contribution is 2.31. The van der Waals surface area contributed by atoms with Gasteiger partial charge in [-0.15, -0.1) is 11.3 Å². The third kappa shape index (κ3) is 3.36. The van der Waals surface area contributed by atoms with Crippen LogP contribution in [0.2, 0.25) is 0 Å². The molecule has 0 N–H and O–H groups in total. The van der Waals surface area contributed by atoms with Crippen molar-refractivity contribution in [1.29, 1.82) is 5.26 Å². The van der Waals surface area contributed by atoms with Crippen LogP contribution in [0.1, 0.15) is 43.1 Å². The largest absolute Gasteiger partial charge is 0.367 e. The zero-order valence-electron chi connectivity index (χ0n) is 13.6. The molecule has 1 aliphatic heterocycles. The Bertz CT molecular complexity index is 729. The number of anilines is 1. The molecular formula is C17H20N4OS. The second-order valence-corrected chi connectivity index (χ2v) is 7.50. The molecule has 5 nitrogen and oxygen atoms in total. The lowest BCUT2D eigenvalue weighted by molar-refractivity contribution is 0.0392. The fourth-order valence-corrected chi connectivity index (χ4v) is 3.59. The fraction of sp³-hybridized carbons (Fsp3) is 0.471. The van der Waals surface area contributed by atoms with Crippen LogP contribution in [0.25, 0.3) is 0 Å². The molecule has 120 valence electrons. The lowest BCUT2D eigenvalue weighted by atomic mass is 9.93. The molecular weight excluding hydrogens is 308 g/mol. The second-order valence-electron chi connectivity index (χ2n) is 6.61. The number of thiazole rings is 1. The molecule has 1 saturated heterocycles. The van der Waals surface area contributed by atoms with Crippen molar-refractivity contribution in [3.63, 3.8) is 0 Å². The van der Waals surface area contributed by atoms with Crippen LogP contribution in [0.5, 0.6) is 0 Å². The highest BCUT2D eigenvalue weighted by atomic mass is 32.1. The smallest absolute Gasteiger partial charge is 0.146 e. The normalized spacial score (nSPS) is 18.7. The first-order valence-corrected chi connectivity index (χ1v) is 8.54. The van der Waals surface area contributed by atoms with Gasteiger partial charge in [0.1, 0.15) is 23.0 Å². The van der Waals surface area contributed by atoms with Crippen molar-refractivity contribution in [1.82, 2.24) is 9.97 Å². The SMILES string of the molecule is CC(C)(C)c1csc(C2CN(c3ncccc3C#N)CCO2)n1. The van der Waals surface area contributed by atoms with Crippen molar-refractivity contribution in [2.75, 3.05) is 24.6 Å². The first-order chi connectivity index (χ1) is 11.0. The third-order valence-electron chi connectivity index (χ3n) is 3.84. The van der Waals surface area contributed by atoms with Gasteiger partial charge in [-0.25, -0.2) is 9.97 Å². The minimum absolute atomic E-state index is 0.0397. The predicted octanol–water partition coefficient (Wildman–Crippen LogP) is 3.29. The van der Waals surface area contributed by atoms with E-state index in [2.05, 4.69) is 42.1 Å². The summed E-state index contributed by atoms with van der Waals surface area (Å²) in [6.45, 7) is 8.49. The summed E-state index contributed by atoms with van der Waals surface area (Å²) in [5.41, 5.74) is 1.73. The zero-order chi connectivity index (χ0) is 16.4. The number of ether oxygens (including phenoxy) is 1. The summed E-state index contributed by atoms with van der Waals surface area (Å²) >= 11 is 1.64. The van der Waals surface area contributed by atoms with Crippen molar-refractivity contribution in [3.05, 3.63) is 40.0 Å². The maximum absolute atomic E-state index is 9.27. The molecule has 0 bridgehead atoms. The van der Waals surface area contributed by atoms with Crippen LogP contribution in [-0.2, 0) is 10.2 Å². The van der Waals surface area contributed by atoms with Gasteiger partial charge in [-0.3, -0.25) is 0 Å². The summed E-state index contributed by atoms with van der Waals surface area (Å²) < 4.78 is 5.91. The summed E-state index contributed by atoms with van der Waals surface area (Å²) in [5.74, 6) is 0.732. The molecule has 0 saturated carbocycles. The number of nitrogens with zero attached hydrogens (tertiary/aromatic N) is 4. The number of hydrogen-bond acceptors (Lipinski definition) is 6. The molecule has 0 aromatic carbocycles. The highest BCUT2D eigenvalue weighted by molar-refractivity contribution is 7.09. The lowest BCUT2D eigenvalue weighted by Gasteiger charge is -2.33. The quantitative estimate of drug-likeness (QED) is 0.846. The van der Waals surface area contributed by atoms with E-state index >= 15 is 0 Å². The van der Waals surface area contributed by atoms with Gasteiger partial charge in [-0.1, -0.05) is 20.8 Å². The zero-order valence-corrected chi connectivity index (χ0v) is 14.4. The van der Waals surface area contributed by atoms with E-state index in [1.165, 1.54) is 0 Å². The Morgan fingerprint density at radius 1 is 1.43 bits per heavy atom. The molecule has 1 atom stereocenters. The van der Waals surface area contributed by atoms with Gasteiger partial charge in [-0.05, 0) is 12.1 Å². The Morgan fingerprint density at radius 3 is 2.96 bits per heavy atom. The number of rotatable bonds is 2. The summed E-state index contributed by atoms with van der Waals surface area (Å²) in [4.78, 5) is 11.2. The maximum Gasteiger partial charge on any atom is 0.146 e. The first-order valence-electron chi connectivity index (χ1n) is 7.66. The minimum atomic E-state index is -0.0709. The molecule has 2 aromatic heterocycles. The predicted molar refractivity (Wildman–Crippen MR) is 90.7 cm³/mol. The van der Waals surface area contributed by atoms with Crippen LogP contribution >= 0.6 is 11.3 Å². The van der Waals surface area contributed by atoms with Crippen molar-refractivity contribution in [2.24, 2.45) is 0 Å². The maximum atomic E-state index is 9.27. The monoisotopic (exact) mass is 328 g/mol.